The van der Waals surface area contributed by atoms with E-state index in [0.717, 1.165) is 10.6 Å². The van der Waals surface area contributed by atoms with E-state index in [1.807, 2.05) is 12.1 Å². The van der Waals surface area contributed by atoms with Gasteiger partial charge < -0.3 is 0 Å². The molecule has 0 unspecified atom stereocenters. The Morgan fingerprint density at radius 1 is 1.46 bits per heavy atom. The summed E-state index contributed by atoms with van der Waals surface area (Å²) in [6, 6.07) is 5.68. The second-order valence-corrected chi connectivity index (χ2v) is 4.27. The number of hydrogen-bond acceptors (Lipinski definition) is 2. The van der Waals surface area contributed by atoms with Crippen molar-refractivity contribution >= 4 is 11.3 Å². The topological polar surface area (TPSA) is 37.8 Å². The Labute approximate surface area is 79.6 Å². The Bertz CT molecular complexity index is 478. The third kappa shape index (κ3) is 1.45. The molecule has 0 fully saturated rings. The van der Waals surface area contributed by atoms with Crippen LogP contribution in [-0.2, 0) is 7.05 Å². The van der Waals surface area contributed by atoms with Crippen molar-refractivity contribution in [3.63, 3.8) is 0 Å². The van der Waals surface area contributed by atoms with E-state index in [0.29, 0.717) is 0 Å². The zero-order valence-electron chi connectivity index (χ0n) is 7.50. The van der Waals surface area contributed by atoms with Crippen molar-refractivity contribution in [1.29, 1.82) is 0 Å². The summed E-state index contributed by atoms with van der Waals surface area (Å²) in [6.45, 7) is 2.05. The van der Waals surface area contributed by atoms with Gasteiger partial charge in [0, 0.05) is 18.0 Å². The average Bonchev–Trinajstić information content (AvgIpc) is 2.61. The van der Waals surface area contributed by atoms with Crippen molar-refractivity contribution in [2.24, 2.45) is 7.05 Å². The molecule has 0 bridgehead atoms. The van der Waals surface area contributed by atoms with Crippen molar-refractivity contribution in [3.05, 3.63) is 33.4 Å². The molecule has 3 nitrogen and oxygen atoms in total. The molecular weight excluding hydrogens is 184 g/mol. The fourth-order valence-corrected chi connectivity index (χ4v) is 2.03. The van der Waals surface area contributed by atoms with Crippen LogP contribution in [0.1, 0.15) is 4.88 Å². The standard InChI is InChI=1S/C9H10N2OS/c1-6-3-4-8(13-6)7-5-9(12)11(2)10-7/h3-5,10H,1-2H3. The van der Waals surface area contributed by atoms with Gasteiger partial charge in [0.05, 0.1) is 10.6 Å². The van der Waals surface area contributed by atoms with Gasteiger partial charge in [-0.1, -0.05) is 0 Å². The molecule has 0 amide bonds. The number of H-pyrrole nitrogens is 1. The number of thiophene rings is 1. The smallest absolute Gasteiger partial charge is 0.266 e. The van der Waals surface area contributed by atoms with Gasteiger partial charge in [-0.05, 0) is 19.1 Å². The van der Waals surface area contributed by atoms with Crippen LogP contribution in [0.4, 0.5) is 0 Å². The molecule has 2 heterocycles. The van der Waals surface area contributed by atoms with Crippen LogP contribution < -0.4 is 5.56 Å². The Balaban J connectivity index is 2.52. The highest BCUT2D eigenvalue weighted by Gasteiger charge is 2.04. The summed E-state index contributed by atoms with van der Waals surface area (Å²) >= 11 is 1.68. The molecule has 68 valence electrons. The van der Waals surface area contributed by atoms with E-state index >= 15 is 0 Å². The third-order valence-electron chi connectivity index (χ3n) is 1.89. The minimum absolute atomic E-state index is 0.000975. The maximum Gasteiger partial charge on any atom is 0.266 e. The SMILES string of the molecule is Cc1ccc(-c2cc(=O)n(C)[nH]2)s1. The normalized spacial score (nSPS) is 10.6. The lowest BCUT2D eigenvalue weighted by molar-refractivity contribution is 0.743. The molecule has 0 aliphatic heterocycles. The quantitative estimate of drug-likeness (QED) is 0.738. The Kier molecular flexibility index (Phi) is 1.84. The lowest BCUT2D eigenvalue weighted by Gasteiger charge is -1.90. The van der Waals surface area contributed by atoms with Crippen LogP contribution in [0.25, 0.3) is 10.6 Å². The van der Waals surface area contributed by atoms with Crippen LogP contribution in [-0.4, -0.2) is 9.78 Å². The molecule has 0 radical (unpaired) electrons. The molecule has 0 aromatic carbocycles. The van der Waals surface area contributed by atoms with Crippen LogP contribution in [0, 0.1) is 6.92 Å². The van der Waals surface area contributed by atoms with Gasteiger partial charge in [-0.15, -0.1) is 11.3 Å². The number of aryl methyl sites for hydroxylation is 2. The first-order valence-corrected chi connectivity index (χ1v) is 4.81. The molecule has 0 atom stereocenters. The Morgan fingerprint density at radius 2 is 2.23 bits per heavy atom. The van der Waals surface area contributed by atoms with Crippen molar-refractivity contribution in [2.75, 3.05) is 0 Å². The number of nitrogens with zero attached hydrogens (tertiary/aromatic N) is 1. The third-order valence-corrected chi connectivity index (χ3v) is 2.93. The molecule has 0 aliphatic rings. The van der Waals surface area contributed by atoms with Gasteiger partial charge in [0.25, 0.3) is 5.56 Å². The van der Waals surface area contributed by atoms with Gasteiger partial charge in [0.15, 0.2) is 0 Å². The summed E-state index contributed by atoms with van der Waals surface area (Å²) < 4.78 is 1.48. The molecule has 2 aromatic rings. The van der Waals surface area contributed by atoms with E-state index in [-0.39, 0.29) is 5.56 Å². The summed E-state index contributed by atoms with van der Waals surface area (Å²) in [4.78, 5) is 13.5. The second kappa shape index (κ2) is 2.88. The van der Waals surface area contributed by atoms with Crippen molar-refractivity contribution in [3.8, 4) is 10.6 Å². The summed E-state index contributed by atoms with van der Waals surface area (Å²) in [5.74, 6) is 0. The van der Waals surface area contributed by atoms with Gasteiger partial charge >= 0.3 is 0 Å². The lowest BCUT2D eigenvalue weighted by Crippen LogP contribution is -2.09. The Morgan fingerprint density at radius 3 is 2.69 bits per heavy atom. The number of rotatable bonds is 1. The average molecular weight is 194 g/mol. The lowest BCUT2D eigenvalue weighted by atomic mass is 10.3. The second-order valence-electron chi connectivity index (χ2n) is 2.98. The molecule has 0 aliphatic carbocycles. The maximum absolute atomic E-state index is 11.2. The van der Waals surface area contributed by atoms with Crippen LogP contribution >= 0.6 is 11.3 Å². The van der Waals surface area contributed by atoms with Crippen molar-refractivity contribution < 1.29 is 0 Å². The largest absolute Gasteiger partial charge is 0.294 e. The fourth-order valence-electron chi connectivity index (χ4n) is 1.19. The van der Waals surface area contributed by atoms with Gasteiger partial charge in [-0.25, -0.2) is 0 Å². The van der Waals surface area contributed by atoms with E-state index in [1.165, 1.54) is 9.56 Å². The molecule has 2 rings (SSSR count). The first kappa shape index (κ1) is 8.31. The number of hydrogen-bond donors (Lipinski definition) is 1. The zero-order valence-corrected chi connectivity index (χ0v) is 8.31. The minimum atomic E-state index is 0.000975. The summed E-state index contributed by atoms with van der Waals surface area (Å²) in [5.41, 5.74) is 0.895. The van der Waals surface area contributed by atoms with Crippen molar-refractivity contribution in [2.45, 2.75) is 6.92 Å². The van der Waals surface area contributed by atoms with Crippen LogP contribution in [0.15, 0.2) is 23.0 Å². The van der Waals surface area contributed by atoms with Gasteiger partial charge in [-0.3, -0.25) is 14.6 Å². The van der Waals surface area contributed by atoms with Crippen LogP contribution in [0.5, 0.6) is 0 Å². The van der Waals surface area contributed by atoms with E-state index in [4.69, 9.17) is 0 Å². The maximum atomic E-state index is 11.2. The van der Waals surface area contributed by atoms with Crippen LogP contribution in [0.2, 0.25) is 0 Å². The fraction of sp³-hybridized carbons (Fsp3) is 0.222. The van der Waals surface area contributed by atoms with Crippen molar-refractivity contribution in [1.82, 2.24) is 9.78 Å². The van der Waals surface area contributed by atoms with Gasteiger partial charge in [0.2, 0.25) is 0 Å². The Hall–Kier alpha value is -1.29. The monoisotopic (exact) mass is 194 g/mol. The number of nitrogens with one attached hydrogen (secondary N) is 1. The van der Waals surface area contributed by atoms with Crippen LogP contribution in [0.3, 0.4) is 0 Å². The van der Waals surface area contributed by atoms with E-state index in [2.05, 4.69) is 12.0 Å². The molecule has 4 heteroatoms. The molecule has 0 saturated heterocycles. The summed E-state index contributed by atoms with van der Waals surface area (Å²) in [5, 5.41) is 2.99. The molecule has 13 heavy (non-hydrogen) atoms. The predicted octanol–water partition coefficient (Wildman–Crippen LogP) is 1.75. The zero-order chi connectivity index (χ0) is 9.42. The first-order chi connectivity index (χ1) is 6.16. The van der Waals surface area contributed by atoms with Gasteiger partial charge in [0.1, 0.15) is 0 Å². The van der Waals surface area contributed by atoms with Gasteiger partial charge in [-0.2, -0.15) is 0 Å². The number of aromatic nitrogens is 2. The highest BCUT2D eigenvalue weighted by atomic mass is 32.1. The molecule has 0 saturated carbocycles. The summed E-state index contributed by atoms with van der Waals surface area (Å²) in [7, 11) is 1.71. The summed E-state index contributed by atoms with van der Waals surface area (Å²) in [6.07, 6.45) is 0. The molecule has 1 N–H and O–H groups in total. The minimum Gasteiger partial charge on any atom is -0.294 e. The number of aromatic amines is 1. The molecular formula is C9H10N2OS. The predicted molar refractivity (Wildman–Crippen MR) is 54.1 cm³/mol. The molecule has 0 spiro atoms. The van der Waals surface area contributed by atoms with E-state index < -0.39 is 0 Å². The molecule has 2 aromatic heterocycles. The highest BCUT2D eigenvalue weighted by Crippen LogP contribution is 2.24. The highest BCUT2D eigenvalue weighted by molar-refractivity contribution is 7.15. The van der Waals surface area contributed by atoms with E-state index in [9.17, 15) is 4.79 Å². The first-order valence-electron chi connectivity index (χ1n) is 3.99. The van der Waals surface area contributed by atoms with E-state index in [1.54, 1.807) is 24.5 Å².